The highest BCUT2D eigenvalue weighted by atomic mass is 16.2. The van der Waals surface area contributed by atoms with E-state index in [9.17, 15) is 9.59 Å². The van der Waals surface area contributed by atoms with E-state index >= 15 is 0 Å². The Morgan fingerprint density at radius 2 is 1.72 bits per heavy atom. The van der Waals surface area contributed by atoms with Crippen LogP contribution in [0.3, 0.4) is 0 Å². The predicted molar refractivity (Wildman–Crippen MR) is 93.6 cm³/mol. The van der Waals surface area contributed by atoms with E-state index in [0.717, 1.165) is 11.1 Å². The second kappa shape index (κ2) is 8.36. The molecule has 1 heterocycles. The van der Waals surface area contributed by atoms with Gasteiger partial charge in [0.05, 0.1) is 6.54 Å². The van der Waals surface area contributed by atoms with E-state index in [4.69, 9.17) is 0 Å². The third-order valence-electron chi connectivity index (χ3n) is 3.95. The van der Waals surface area contributed by atoms with Gasteiger partial charge < -0.3 is 9.80 Å². The van der Waals surface area contributed by atoms with Gasteiger partial charge in [0.1, 0.15) is 6.54 Å². The molecular formula is C17H24N6O2. The lowest BCUT2D eigenvalue weighted by molar-refractivity contribution is -0.139. The van der Waals surface area contributed by atoms with E-state index in [1.807, 2.05) is 45.0 Å². The number of aryl methyl sites for hydroxylation is 1. The van der Waals surface area contributed by atoms with Crippen LogP contribution in [0.4, 0.5) is 0 Å². The first-order valence-corrected chi connectivity index (χ1v) is 8.31. The normalized spacial score (nSPS) is 10.6. The average molecular weight is 344 g/mol. The van der Waals surface area contributed by atoms with Gasteiger partial charge in [-0.3, -0.25) is 9.59 Å². The maximum absolute atomic E-state index is 12.3. The standard InChI is InChI=1S/C17H24N6O2/c1-5-22(6-2)16(25)11-21(4)15(24)12-23-19-17(18-20-23)14-9-7-13(3)8-10-14/h7-10H,5-6,11-12H2,1-4H3. The molecule has 1 aromatic carbocycles. The van der Waals surface area contributed by atoms with Gasteiger partial charge in [0.2, 0.25) is 17.6 Å². The molecule has 25 heavy (non-hydrogen) atoms. The Balaban J connectivity index is 1.96. The van der Waals surface area contributed by atoms with Gasteiger partial charge in [-0.1, -0.05) is 29.8 Å². The molecule has 0 saturated carbocycles. The summed E-state index contributed by atoms with van der Waals surface area (Å²) in [5.41, 5.74) is 1.99. The van der Waals surface area contributed by atoms with Crippen LogP contribution < -0.4 is 0 Å². The third kappa shape index (κ3) is 4.85. The van der Waals surface area contributed by atoms with Gasteiger partial charge in [0.15, 0.2) is 0 Å². The second-order valence-corrected chi connectivity index (χ2v) is 5.83. The molecule has 0 spiro atoms. The summed E-state index contributed by atoms with van der Waals surface area (Å²) in [5.74, 6) is 0.149. The van der Waals surface area contributed by atoms with Crippen molar-refractivity contribution in [3.8, 4) is 11.4 Å². The predicted octanol–water partition coefficient (Wildman–Crippen LogP) is 0.975. The molecule has 1 aromatic heterocycles. The van der Waals surface area contributed by atoms with E-state index in [-0.39, 0.29) is 24.9 Å². The van der Waals surface area contributed by atoms with Crippen LogP contribution in [0.5, 0.6) is 0 Å². The molecule has 0 radical (unpaired) electrons. The molecular weight excluding hydrogens is 320 g/mol. The van der Waals surface area contributed by atoms with Crippen LogP contribution in [0.1, 0.15) is 19.4 Å². The fourth-order valence-electron chi connectivity index (χ4n) is 2.34. The minimum Gasteiger partial charge on any atom is -0.342 e. The van der Waals surface area contributed by atoms with Crippen LogP contribution in [0.2, 0.25) is 0 Å². The molecule has 8 nitrogen and oxygen atoms in total. The fourth-order valence-corrected chi connectivity index (χ4v) is 2.34. The maximum Gasteiger partial charge on any atom is 0.246 e. The number of aromatic nitrogens is 4. The van der Waals surface area contributed by atoms with E-state index < -0.39 is 0 Å². The number of hydrogen-bond acceptors (Lipinski definition) is 5. The summed E-state index contributed by atoms with van der Waals surface area (Å²) in [6.45, 7) is 7.07. The highest BCUT2D eigenvalue weighted by Crippen LogP contribution is 2.13. The van der Waals surface area contributed by atoms with Crippen LogP contribution in [-0.2, 0) is 16.1 Å². The summed E-state index contributed by atoms with van der Waals surface area (Å²) >= 11 is 0. The Hall–Kier alpha value is -2.77. The fraction of sp³-hybridized carbons (Fsp3) is 0.471. The Morgan fingerprint density at radius 1 is 1.08 bits per heavy atom. The van der Waals surface area contributed by atoms with Gasteiger partial charge in [-0.25, -0.2) is 0 Å². The minimum absolute atomic E-state index is 0.0417. The quantitative estimate of drug-likeness (QED) is 0.747. The lowest BCUT2D eigenvalue weighted by atomic mass is 10.1. The molecule has 0 aliphatic heterocycles. The third-order valence-corrected chi connectivity index (χ3v) is 3.95. The molecule has 0 saturated heterocycles. The summed E-state index contributed by atoms with van der Waals surface area (Å²) in [4.78, 5) is 28.7. The summed E-state index contributed by atoms with van der Waals surface area (Å²) in [6, 6.07) is 7.75. The van der Waals surface area contributed by atoms with Crippen LogP contribution in [-0.4, -0.2) is 68.5 Å². The van der Waals surface area contributed by atoms with Gasteiger partial charge >= 0.3 is 0 Å². The van der Waals surface area contributed by atoms with Crippen molar-refractivity contribution >= 4 is 11.8 Å². The molecule has 2 aromatic rings. The minimum atomic E-state index is -0.242. The van der Waals surface area contributed by atoms with Crippen LogP contribution in [0, 0.1) is 6.92 Å². The largest absolute Gasteiger partial charge is 0.342 e. The van der Waals surface area contributed by atoms with Gasteiger partial charge in [-0.2, -0.15) is 4.80 Å². The number of carbonyl (C=O) groups excluding carboxylic acids is 2. The number of rotatable bonds is 7. The van der Waals surface area contributed by atoms with Crippen molar-refractivity contribution in [1.82, 2.24) is 30.0 Å². The Labute approximate surface area is 147 Å². The summed E-state index contributed by atoms with van der Waals surface area (Å²) in [6.07, 6.45) is 0. The van der Waals surface area contributed by atoms with Crippen molar-refractivity contribution in [3.05, 3.63) is 29.8 Å². The van der Waals surface area contributed by atoms with Gasteiger partial charge in [-0.05, 0) is 26.0 Å². The van der Waals surface area contributed by atoms with E-state index in [1.165, 1.54) is 9.70 Å². The Morgan fingerprint density at radius 3 is 2.32 bits per heavy atom. The molecule has 0 N–H and O–H groups in total. The summed E-state index contributed by atoms with van der Waals surface area (Å²) in [5, 5.41) is 12.1. The number of carbonyl (C=O) groups is 2. The van der Waals surface area contributed by atoms with E-state index in [2.05, 4.69) is 15.4 Å². The topological polar surface area (TPSA) is 84.2 Å². The first kappa shape index (κ1) is 18.6. The van der Waals surface area contributed by atoms with Gasteiger partial charge in [0.25, 0.3) is 0 Å². The molecule has 0 bridgehead atoms. The average Bonchev–Trinajstić information content (AvgIpc) is 3.05. The van der Waals surface area contributed by atoms with Crippen LogP contribution >= 0.6 is 0 Å². The van der Waals surface area contributed by atoms with Gasteiger partial charge in [-0.15, -0.1) is 10.2 Å². The lowest BCUT2D eigenvalue weighted by Crippen LogP contribution is -2.42. The van der Waals surface area contributed by atoms with Gasteiger partial charge in [0, 0.05) is 25.7 Å². The maximum atomic E-state index is 12.3. The zero-order valence-electron chi connectivity index (χ0n) is 15.1. The SMILES string of the molecule is CCN(CC)C(=O)CN(C)C(=O)Cn1nnc(-c2ccc(C)cc2)n1. The zero-order chi connectivity index (χ0) is 18.4. The zero-order valence-corrected chi connectivity index (χ0v) is 15.1. The molecule has 0 aliphatic rings. The van der Waals surface area contributed by atoms with Crippen molar-refractivity contribution in [1.29, 1.82) is 0 Å². The number of tetrazole rings is 1. The van der Waals surface area contributed by atoms with Crippen molar-refractivity contribution < 1.29 is 9.59 Å². The van der Waals surface area contributed by atoms with Crippen molar-refractivity contribution in [2.45, 2.75) is 27.3 Å². The van der Waals surface area contributed by atoms with E-state index in [0.29, 0.717) is 18.9 Å². The Kier molecular flexibility index (Phi) is 6.21. The molecule has 0 unspecified atom stereocenters. The molecule has 0 aliphatic carbocycles. The number of amides is 2. The number of nitrogens with zero attached hydrogens (tertiary/aromatic N) is 6. The Bertz CT molecular complexity index is 721. The molecule has 2 rings (SSSR count). The molecule has 0 fully saturated rings. The molecule has 2 amide bonds. The van der Waals surface area contributed by atoms with E-state index in [1.54, 1.807) is 11.9 Å². The summed E-state index contributed by atoms with van der Waals surface area (Å²) in [7, 11) is 1.60. The highest BCUT2D eigenvalue weighted by molar-refractivity contribution is 5.84. The lowest BCUT2D eigenvalue weighted by Gasteiger charge is -2.22. The number of likely N-dealkylation sites (N-methyl/N-ethyl adjacent to an activating group) is 2. The summed E-state index contributed by atoms with van der Waals surface area (Å²) < 4.78 is 0. The smallest absolute Gasteiger partial charge is 0.246 e. The molecule has 0 atom stereocenters. The monoisotopic (exact) mass is 344 g/mol. The van der Waals surface area contributed by atoms with Crippen LogP contribution in [0.25, 0.3) is 11.4 Å². The first-order valence-electron chi connectivity index (χ1n) is 8.31. The highest BCUT2D eigenvalue weighted by Gasteiger charge is 2.18. The van der Waals surface area contributed by atoms with Crippen LogP contribution in [0.15, 0.2) is 24.3 Å². The van der Waals surface area contributed by atoms with Crippen molar-refractivity contribution in [2.75, 3.05) is 26.7 Å². The van der Waals surface area contributed by atoms with Crippen molar-refractivity contribution in [2.24, 2.45) is 0 Å². The molecule has 8 heteroatoms. The molecule has 134 valence electrons. The first-order chi connectivity index (χ1) is 11.9. The second-order valence-electron chi connectivity index (χ2n) is 5.83. The number of hydrogen-bond donors (Lipinski definition) is 0. The van der Waals surface area contributed by atoms with Crippen molar-refractivity contribution in [3.63, 3.8) is 0 Å². The number of benzene rings is 1.